The van der Waals surface area contributed by atoms with Crippen LogP contribution in [0.4, 0.5) is 11.5 Å². The predicted molar refractivity (Wildman–Crippen MR) is 118 cm³/mol. The number of nitrogens with zero attached hydrogens (tertiary/aromatic N) is 4. The summed E-state index contributed by atoms with van der Waals surface area (Å²) in [5.41, 5.74) is 0.808. The quantitative estimate of drug-likeness (QED) is 0.656. The Morgan fingerprint density at radius 1 is 1.03 bits per heavy atom. The molecule has 1 aliphatic rings. The Balaban J connectivity index is 1.65. The second-order valence-corrected chi connectivity index (χ2v) is 7.81. The summed E-state index contributed by atoms with van der Waals surface area (Å²) in [6, 6.07) is 12.5. The second kappa shape index (κ2) is 10.1. The number of hydrogen-bond donors (Lipinski definition) is 1. The zero-order valence-corrected chi connectivity index (χ0v) is 18.2. The Hall–Kier alpha value is -3.36. The lowest BCUT2D eigenvalue weighted by Crippen LogP contribution is -2.48. The van der Waals surface area contributed by atoms with Crippen molar-refractivity contribution in [3.63, 3.8) is 0 Å². The molecule has 9 heteroatoms. The molecule has 2 heterocycles. The minimum atomic E-state index is -0.776. The monoisotopic (exact) mass is 427 g/mol. The summed E-state index contributed by atoms with van der Waals surface area (Å²) in [5, 5.41) is 7.02. The zero-order valence-electron chi connectivity index (χ0n) is 18.2. The Kier molecular flexibility index (Phi) is 7.28. The summed E-state index contributed by atoms with van der Waals surface area (Å²) >= 11 is 0. The van der Waals surface area contributed by atoms with Crippen molar-refractivity contribution < 1.29 is 14.3 Å². The molecule has 0 bridgehead atoms. The van der Waals surface area contributed by atoms with E-state index in [4.69, 9.17) is 4.74 Å². The van der Waals surface area contributed by atoms with Gasteiger partial charge < -0.3 is 19.9 Å². The summed E-state index contributed by atoms with van der Waals surface area (Å²) in [5.74, 6) is -0.486. The molecule has 3 rings (SSSR count). The SMILES string of the molecule is COC(=O)[C@H](NC(=O)Cn1nc(N2CCN(c3ccccc3)CC2)ccc1=O)C(C)C. The fraction of sp³-hybridized carbons (Fsp3) is 0.455. The molecule has 1 amide bonds. The van der Waals surface area contributed by atoms with Crippen LogP contribution in [0, 0.1) is 5.92 Å². The van der Waals surface area contributed by atoms with Gasteiger partial charge in [0.2, 0.25) is 5.91 Å². The Labute approximate surface area is 181 Å². The number of rotatable bonds is 7. The van der Waals surface area contributed by atoms with Crippen molar-refractivity contribution in [2.45, 2.75) is 26.4 Å². The zero-order chi connectivity index (χ0) is 22.4. The number of aromatic nitrogens is 2. The van der Waals surface area contributed by atoms with Gasteiger partial charge >= 0.3 is 5.97 Å². The highest BCUT2D eigenvalue weighted by Gasteiger charge is 2.25. The number of anilines is 2. The van der Waals surface area contributed by atoms with E-state index >= 15 is 0 Å². The normalized spacial score (nSPS) is 15.0. The summed E-state index contributed by atoms with van der Waals surface area (Å²) < 4.78 is 5.87. The van der Waals surface area contributed by atoms with Crippen LogP contribution in [0.5, 0.6) is 0 Å². The maximum absolute atomic E-state index is 12.4. The molecule has 0 aliphatic carbocycles. The average Bonchev–Trinajstić information content (AvgIpc) is 2.79. The first-order valence-electron chi connectivity index (χ1n) is 10.4. The molecule has 0 unspecified atom stereocenters. The van der Waals surface area contributed by atoms with Crippen LogP contribution in [-0.2, 0) is 20.9 Å². The molecule has 2 aromatic rings. The van der Waals surface area contributed by atoms with E-state index in [1.807, 2.05) is 32.0 Å². The van der Waals surface area contributed by atoms with Crippen molar-refractivity contribution in [1.82, 2.24) is 15.1 Å². The average molecular weight is 428 g/mol. The minimum Gasteiger partial charge on any atom is -0.467 e. The van der Waals surface area contributed by atoms with Crippen LogP contribution in [0.15, 0.2) is 47.3 Å². The lowest BCUT2D eigenvalue weighted by molar-refractivity contribution is -0.146. The number of methoxy groups -OCH3 is 1. The number of ether oxygens (including phenoxy) is 1. The first-order chi connectivity index (χ1) is 14.9. The third kappa shape index (κ3) is 5.62. The lowest BCUT2D eigenvalue weighted by Gasteiger charge is -2.36. The maximum atomic E-state index is 12.4. The first-order valence-corrected chi connectivity index (χ1v) is 10.4. The van der Waals surface area contributed by atoms with Gasteiger partial charge in [0.05, 0.1) is 7.11 Å². The summed E-state index contributed by atoms with van der Waals surface area (Å²) in [7, 11) is 1.27. The molecule has 9 nitrogen and oxygen atoms in total. The van der Waals surface area contributed by atoms with Crippen molar-refractivity contribution in [2.75, 3.05) is 43.1 Å². The van der Waals surface area contributed by atoms with Crippen LogP contribution in [0.3, 0.4) is 0 Å². The number of esters is 1. The largest absolute Gasteiger partial charge is 0.467 e. The maximum Gasteiger partial charge on any atom is 0.328 e. The molecule has 31 heavy (non-hydrogen) atoms. The van der Waals surface area contributed by atoms with E-state index in [9.17, 15) is 14.4 Å². The molecule has 0 spiro atoms. The van der Waals surface area contributed by atoms with Crippen LogP contribution >= 0.6 is 0 Å². The van der Waals surface area contributed by atoms with Gasteiger partial charge in [-0.1, -0.05) is 32.0 Å². The Bertz CT molecular complexity index is 952. The molecule has 1 saturated heterocycles. The molecular formula is C22H29N5O4. The van der Waals surface area contributed by atoms with Gasteiger partial charge in [-0.05, 0) is 24.1 Å². The number of nitrogens with one attached hydrogen (secondary N) is 1. The van der Waals surface area contributed by atoms with Crippen molar-refractivity contribution in [3.05, 3.63) is 52.8 Å². The summed E-state index contributed by atoms with van der Waals surface area (Å²) in [4.78, 5) is 41.0. The van der Waals surface area contributed by atoms with Gasteiger partial charge in [0.15, 0.2) is 0 Å². The molecule has 1 fully saturated rings. The van der Waals surface area contributed by atoms with E-state index in [2.05, 4.69) is 32.3 Å². The third-order valence-corrected chi connectivity index (χ3v) is 5.31. The smallest absolute Gasteiger partial charge is 0.328 e. The molecular weight excluding hydrogens is 398 g/mol. The Morgan fingerprint density at radius 3 is 2.29 bits per heavy atom. The minimum absolute atomic E-state index is 0.145. The van der Waals surface area contributed by atoms with Gasteiger partial charge in [-0.25, -0.2) is 9.48 Å². The van der Waals surface area contributed by atoms with E-state index in [-0.39, 0.29) is 18.0 Å². The molecule has 1 aromatic carbocycles. The van der Waals surface area contributed by atoms with E-state index in [1.54, 1.807) is 6.07 Å². The van der Waals surface area contributed by atoms with E-state index in [0.717, 1.165) is 30.9 Å². The van der Waals surface area contributed by atoms with Crippen molar-refractivity contribution in [2.24, 2.45) is 5.92 Å². The van der Waals surface area contributed by atoms with Gasteiger partial charge in [-0.2, -0.15) is 5.10 Å². The molecule has 0 radical (unpaired) electrons. The first kappa shape index (κ1) is 22.3. The lowest BCUT2D eigenvalue weighted by atomic mass is 10.0. The highest BCUT2D eigenvalue weighted by atomic mass is 16.5. The second-order valence-electron chi connectivity index (χ2n) is 7.81. The molecule has 1 aliphatic heterocycles. The van der Waals surface area contributed by atoms with Crippen LogP contribution in [0.25, 0.3) is 0 Å². The number of benzene rings is 1. The standard InChI is InChI=1S/C22H29N5O4/c1-16(2)21(22(30)31-3)23-19(28)15-27-20(29)10-9-18(24-27)26-13-11-25(12-14-26)17-7-5-4-6-8-17/h4-10,16,21H,11-15H2,1-3H3,(H,23,28)/t21-/m1/s1. The van der Waals surface area contributed by atoms with Crippen LogP contribution in [0.1, 0.15) is 13.8 Å². The van der Waals surface area contributed by atoms with E-state index in [1.165, 1.54) is 18.9 Å². The van der Waals surface area contributed by atoms with Crippen LogP contribution < -0.4 is 20.7 Å². The third-order valence-electron chi connectivity index (χ3n) is 5.31. The highest BCUT2D eigenvalue weighted by Crippen LogP contribution is 2.18. The number of piperazine rings is 1. The van der Waals surface area contributed by atoms with Crippen molar-refractivity contribution in [1.29, 1.82) is 0 Å². The molecule has 166 valence electrons. The molecule has 1 N–H and O–H groups in total. The fourth-order valence-corrected chi connectivity index (χ4v) is 3.53. The number of para-hydroxylation sites is 1. The van der Waals surface area contributed by atoms with Gasteiger partial charge in [-0.15, -0.1) is 0 Å². The van der Waals surface area contributed by atoms with Crippen molar-refractivity contribution >= 4 is 23.4 Å². The Morgan fingerprint density at radius 2 is 1.68 bits per heavy atom. The number of amides is 1. The van der Waals surface area contributed by atoms with Gasteiger partial charge in [-0.3, -0.25) is 9.59 Å². The van der Waals surface area contributed by atoms with Gasteiger partial charge in [0.1, 0.15) is 18.4 Å². The number of carbonyl (C=O) groups excluding carboxylic acids is 2. The van der Waals surface area contributed by atoms with Crippen LogP contribution in [0.2, 0.25) is 0 Å². The number of hydrogen-bond acceptors (Lipinski definition) is 7. The topological polar surface area (TPSA) is 96.8 Å². The summed E-state index contributed by atoms with van der Waals surface area (Å²) in [6.45, 7) is 6.52. The van der Waals surface area contributed by atoms with E-state index < -0.39 is 17.9 Å². The van der Waals surface area contributed by atoms with Crippen molar-refractivity contribution in [3.8, 4) is 0 Å². The molecule has 0 saturated carbocycles. The molecule has 1 atom stereocenters. The van der Waals surface area contributed by atoms with Crippen LogP contribution in [-0.4, -0.2) is 61.0 Å². The van der Waals surface area contributed by atoms with Gasteiger partial charge in [0.25, 0.3) is 5.56 Å². The number of carbonyl (C=O) groups is 2. The molecule has 1 aromatic heterocycles. The van der Waals surface area contributed by atoms with E-state index in [0.29, 0.717) is 5.82 Å². The predicted octanol–water partition coefficient (Wildman–Crippen LogP) is 0.884. The summed E-state index contributed by atoms with van der Waals surface area (Å²) in [6.07, 6.45) is 0. The van der Waals surface area contributed by atoms with Gasteiger partial charge in [0, 0.05) is 37.9 Å². The highest BCUT2D eigenvalue weighted by molar-refractivity contribution is 5.84. The fourth-order valence-electron chi connectivity index (χ4n) is 3.53.